The highest BCUT2D eigenvalue weighted by molar-refractivity contribution is 5.79. The second-order valence-corrected chi connectivity index (χ2v) is 6.43. The number of ether oxygens (including phenoxy) is 1. The number of rotatable bonds is 7. The van der Waals surface area contributed by atoms with Gasteiger partial charge in [-0.2, -0.15) is 5.10 Å². The van der Waals surface area contributed by atoms with E-state index in [2.05, 4.69) is 29.3 Å². The molecule has 0 saturated carbocycles. The highest BCUT2D eigenvalue weighted by Gasteiger charge is 2.15. The third-order valence-electron chi connectivity index (χ3n) is 4.66. The fourth-order valence-corrected chi connectivity index (χ4v) is 3.30. The first kappa shape index (κ1) is 20.7. The minimum atomic E-state index is -0.359. The maximum absolute atomic E-state index is 13.9. The van der Waals surface area contributed by atoms with Crippen molar-refractivity contribution in [1.29, 1.82) is 0 Å². The van der Waals surface area contributed by atoms with Gasteiger partial charge in [-0.15, -0.1) is 0 Å². The molecule has 0 saturated heterocycles. The molecule has 0 amide bonds. The maximum atomic E-state index is 13.9. The van der Waals surface area contributed by atoms with Crippen LogP contribution in [0, 0.1) is 5.82 Å². The van der Waals surface area contributed by atoms with Crippen molar-refractivity contribution >= 4 is 5.96 Å². The molecular formula is C20H30FN5O. The second-order valence-electron chi connectivity index (χ2n) is 6.43. The molecule has 2 rings (SSSR count). The lowest BCUT2D eigenvalue weighted by Crippen LogP contribution is -2.38. The Kier molecular flexibility index (Phi) is 7.21. The van der Waals surface area contributed by atoms with Crippen molar-refractivity contribution in [2.75, 3.05) is 21.2 Å². The number of hydrogen-bond acceptors (Lipinski definition) is 3. The maximum Gasteiger partial charge on any atom is 0.193 e. The van der Waals surface area contributed by atoms with E-state index in [1.807, 2.05) is 29.7 Å². The lowest BCUT2D eigenvalue weighted by Gasteiger charge is -2.22. The number of hydrogen-bond donors (Lipinski definition) is 1. The van der Waals surface area contributed by atoms with Crippen LogP contribution in [0.4, 0.5) is 4.39 Å². The van der Waals surface area contributed by atoms with Gasteiger partial charge in [-0.3, -0.25) is 9.67 Å². The van der Waals surface area contributed by atoms with Crippen molar-refractivity contribution in [3.63, 3.8) is 0 Å². The van der Waals surface area contributed by atoms with Crippen LogP contribution in [0.3, 0.4) is 0 Å². The molecule has 2 aromatic rings. The predicted molar refractivity (Wildman–Crippen MR) is 107 cm³/mol. The summed E-state index contributed by atoms with van der Waals surface area (Å²) in [6.07, 6.45) is 1.82. The number of benzene rings is 1. The third kappa shape index (κ3) is 4.78. The molecule has 0 fully saturated rings. The van der Waals surface area contributed by atoms with Crippen molar-refractivity contribution in [2.45, 2.75) is 39.8 Å². The summed E-state index contributed by atoms with van der Waals surface area (Å²) in [5.74, 6) is 0.640. The Morgan fingerprint density at radius 2 is 2.07 bits per heavy atom. The molecule has 0 aliphatic rings. The lowest BCUT2D eigenvalue weighted by atomic mass is 10.1. The van der Waals surface area contributed by atoms with E-state index in [-0.39, 0.29) is 11.6 Å². The van der Waals surface area contributed by atoms with Gasteiger partial charge in [0.25, 0.3) is 0 Å². The topological polar surface area (TPSA) is 54.7 Å². The van der Waals surface area contributed by atoms with Crippen LogP contribution in [0.15, 0.2) is 23.2 Å². The number of aryl methyl sites for hydroxylation is 2. The van der Waals surface area contributed by atoms with Gasteiger partial charge in [-0.1, -0.05) is 19.9 Å². The van der Waals surface area contributed by atoms with Gasteiger partial charge in [-0.05, 0) is 30.5 Å². The normalized spacial score (nSPS) is 11.6. The highest BCUT2D eigenvalue weighted by atomic mass is 19.1. The molecule has 148 valence electrons. The molecule has 0 spiro atoms. The fraction of sp³-hybridized carbons (Fsp3) is 0.500. The van der Waals surface area contributed by atoms with Crippen molar-refractivity contribution in [3.8, 4) is 5.75 Å². The molecule has 6 nitrogen and oxygen atoms in total. The standard InChI is InChI=1S/C20H30FN5O/c1-7-17-15(18(8-2)26(5)24-17)12-23-20(22-3)25(4)13-14-9-10-19(27-6)16(21)11-14/h9-11H,7-8,12-13H2,1-6H3,(H,22,23). The van der Waals surface area contributed by atoms with Gasteiger partial charge >= 0.3 is 0 Å². The Morgan fingerprint density at radius 3 is 2.63 bits per heavy atom. The average molecular weight is 375 g/mol. The molecular weight excluding hydrogens is 345 g/mol. The average Bonchev–Trinajstić information content (AvgIpc) is 2.97. The summed E-state index contributed by atoms with van der Waals surface area (Å²) < 4.78 is 20.9. The number of guanidine groups is 1. The molecule has 0 unspecified atom stereocenters. The zero-order chi connectivity index (χ0) is 20.0. The largest absolute Gasteiger partial charge is 0.494 e. The number of aromatic nitrogens is 2. The van der Waals surface area contributed by atoms with Crippen LogP contribution in [0.25, 0.3) is 0 Å². The molecule has 0 bridgehead atoms. The van der Waals surface area contributed by atoms with Gasteiger partial charge < -0.3 is 15.0 Å². The Balaban J connectivity index is 2.08. The number of nitrogens with zero attached hydrogens (tertiary/aromatic N) is 4. The van der Waals surface area contributed by atoms with Crippen LogP contribution in [-0.4, -0.2) is 41.8 Å². The molecule has 0 atom stereocenters. The van der Waals surface area contributed by atoms with Crippen LogP contribution in [0.2, 0.25) is 0 Å². The third-order valence-corrected chi connectivity index (χ3v) is 4.66. The van der Waals surface area contributed by atoms with E-state index in [0.717, 1.165) is 30.1 Å². The Bertz CT molecular complexity index is 800. The first-order valence-electron chi connectivity index (χ1n) is 9.22. The van der Waals surface area contributed by atoms with Crippen LogP contribution in [-0.2, 0) is 33.0 Å². The fourth-order valence-electron chi connectivity index (χ4n) is 3.30. The first-order valence-corrected chi connectivity index (χ1v) is 9.22. The van der Waals surface area contributed by atoms with E-state index in [1.54, 1.807) is 13.1 Å². The van der Waals surface area contributed by atoms with Gasteiger partial charge in [0.1, 0.15) is 0 Å². The van der Waals surface area contributed by atoms with Crippen molar-refractivity contribution in [1.82, 2.24) is 20.0 Å². The van der Waals surface area contributed by atoms with E-state index < -0.39 is 0 Å². The smallest absolute Gasteiger partial charge is 0.193 e. The summed E-state index contributed by atoms with van der Waals surface area (Å²) >= 11 is 0. The second kappa shape index (κ2) is 9.39. The summed E-state index contributed by atoms with van der Waals surface area (Å²) in [6, 6.07) is 5.00. The summed E-state index contributed by atoms with van der Waals surface area (Å²) in [7, 11) is 7.13. The summed E-state index contributed by atoms with van der Waals surface area (Å²) in [6.45, 7) is 5.45. The van der Waals surface area contributed by atoms with Gasteiger partial charge in [0.15, 0.2) is 17.5 Å². The number of halogens is 1. The minimum absolute atomic E-state index is 0.250. The Labute approximate surface area is 161 Å². The van der Waals surface area contributed by atoms with Crippen molar-refractivity contribution < 1.29 is 9.13 Å². The molecule has 1 aromatic heterocycles. The van der Waals surface area contributed by atoms with Crippen LogP contribution in [0.1, 0.15) is 36.4 Å². The van der Waals surface area contributed by atoms with Crippen LogP contribution < -0.4 is 10.1 Å². The molecule has 1 N–H and O–H groups in total. The van der Waals surface area contributed by atoms with E-state index in [9.17, 15) is 4.39 Å². The molecule has 27 heavy (non-hydrogen) atoms. The zero-order valence-electron chi connectivity index (χ0n) is 17.1. The minimum Gasteiger partial charge on any atom is -0.494 e. The Morgan fingerprint density at radius 1 is 1.33 bits per heavy atom. The summed E-state index contributed by atoms with van der Waals surface area (Å²) in [5, 5.41) is 8.02. The first-order chi connectivity index (χ1) is 12.9. The van der Waals surface area contributed by atoms with Gasteiger partial charge in [0, 0.05) is 45.5 Å². The quantitative estimate of drug-likeness (QED) is 0.597. The molecule has 0 radical (unpaired) electrons. The molecule has 1 heterocycles. The van der Waals surface area contributed by atoms with Crippen LogP contribution >= 0.6 is 0 Å². The highest BCUT2D eigenvalue weighted by Crippen LogP contribution is 2.19. The van der Waals surface area contributed by atoms with E-state index in [0.29, 0.717) is 13.1 Å². The SMILES string of the molecule is CCc1nn(C)c(CC)c1CNC(=NC)N(C)Cc1ccc(OC)c(F)c1. The van der Waals surface area contributed by atoms with Gasteiger partial charge in [-0.25, -0.2) is 4.39 Å². The number of aliphatic imine (C=N–C) groups is 1. The summed E-state index contributed by atoms with van der Waals surface area (Å²) in [4.78, 5) is 6.33. The van der Waals surface area contributed by atoms with Crippen molar-refractivity contribution in [3.05, 3.63) is 46.5 Å². The molecule has 1 aromatic carbocycles. The molecule has 0 aliphatic carbocycles. The van der Waals surface area contributed by atoms with E-state index in [4.69, 9.17) is 4.74 Å². The zero-order valence-corrected chi connectivity index (χ0v) is 17.1. The van der Waals surface area contributed by atoms with Gasteiger partial charge in [0.2, 0.25) is 0 Å². The van der Waals surface area contributed by atoms with Crippen molar-refractivity contribution in [2.24, 2.45) is 12.0 Å². The predicted octanol–water partition coefficient (Wildman–Crippen LogP) is 2.90. The number of nitrogens with one attached hydrogen (secondary N) is 1. The Hall–Kier alpha value is -2.57. The summed E-state index contributed by atoms with van der Waals surface area (Å²) in [5.41, 5.74) is 4.42. The number of methoxy groups -OCH3 is 1. The molecule has 0 aliphatic heterocycles. The van der Waals surface area contributed by atoms with Gasteiger partial charge in [0.05, 0.1) is 12.8 Å². The van der Waals surface area contributed by atoms with E-state index in [1.165, 1.54) is 24.4 Å². The van der Waals surface area contributed by atoms with E-state index >= 15 is 0 Å². The molecule has 7 heteroatoms. The monoisotopic (exact) mass is 375 g/mol. The lowest BCUT2D eigenvalue weighted by molar-refractivity contribution is 0.385. The van der Waals surface area contributed by atoms with Crippen LogP contribution in [0.5, 0.6) is 5.75 Å².